The van der Waals surface area contributed by atoms with Crippen LogP contribution in [0.4, 0.5) is 17.6 Å². The highest BCUT2D eigenvalue weighted by Crippen LogP contribution is 2.34. The van der Waals surface area contributed by atoms with Crippen LogP contribution < -0.4 is 10.9 Å². The van der Waals surface area contributed by atoms with Crippen molar-refractivity contribution in [3.05, 3.63) is 65.0 Å². The van der Waals surface area contributed by atoms with Gasteiger partial charge >= 0.3 is 6.18 Å². The monoisotopic (exact) mass is 559 g/mol. The molecule has 2 heterocycles. The van der Waals surface area contributed by atoms with E-state index in [4.69, 9.17) is 0 Å². The molecule has 7 nitrogen and oxygen atoms in total. The van der Waals surface area contributed by atoms with Crippen molar-refractivity contribution >= 4 is 22.8 Å². The first-order valence-electron chi connectivity index (χ1n) is 13.8. The van der Waals surface area contributed by atoms with Gasteiger partial charge in [0.2, 0.25) is 11.5 Å². The summed E-state index contributed by atoms with van der Waals surface area (Å²) >= 11 is 0. The third-order valence-electron chi connectivity index (χ3n) is 7.85. The molecule has 1 saturated heterocycles. The summed E-state index contributed by atoms with van der Waals surface area (Å²) in [6.45, 7) is 1.59. The number of carbonyl (C=O) groups is 2. The third kappa shape index (κ3) is 6.80. The quantitative estimate of drug-likeness (QED) is 0.405. The Labute approximate surface area is 229 Å². The van der Waals surface area contributed by atoms with E-state index in [1.807, 2.05) is 16.0 Å². The highest BCUT2D eigenvalue weighted by atomic mass is 19.4. The molecule has 40 heavy (non-hydrogen) atoms. The van der Waals surface area contributed by atoms with E-state index in [1.54, 1.807) is 0 Å². The summed E-state index contributed by atoms with van der Waals surface area (Å²) in [5.74, 6) is -2.05. The van der Waals surface area contributed by atoms with Gasteiger partial charge in [-0.3, -0.25) is 14.5 Å². The molecule has 1 aromatic heterocycles. The zero-order chi connectivity index (χ0) is 28.3. The van der Waals surface area contributed by atoms with Crippen LogP contribution in [-0.2, 0) is 11.3 Å². The first-order valence-corrected chi connectivity index (χ1v) is 13.8. The predicted octanol–water partition coefficient (Wildman–Crippen LogP) is 5.25. The molecule has 214 valence electrons. The fourth-order valence-corrected chi connectivity index (χ4v) is 5.78. The van der Waals surface area contributed by atoms with Crippen molar-refractivity contribution in [2.75, 3.05) is 19.6 Å². The van der Waals surface area contributed by atoms with Crippen molar-refractivity contribution in [1.82, 2.24) is 19.8 Å². The summed E-state index contributed by atoms with van der Waals surface area (Å²) in [4.78, 5) is 35.4. The second-order valence-electron chi connectivity index (χ2n) is 10.8. The average Bonchev–Trinajstić information content (AvgIpc) is 3.29. The number of H-pyrrole nitrogens is 1. The van der Waals surface area contributed by atoms with Crippen molar-refractivity contribution < 1.29 is 27.2 Å². The molecule has 1 aliphatic carbocycles. The lowest BCUT2D eigenvalue weighted by molar-refractivity contribution is -0.141. The molecule has 5 rings (SSSR count). The van der Waals surface area contributed by atoms with Crippen molar-refractivity contribution in [1.29, 1.82) is 0 Å². The van der Waals surface area contributed by atoms with Crippen LogP contribution in [0.3, 0.4) is 0 Å². The number of fused-ring (bicyclic) bond motifs is 1. The number of rotatable bonds is 6. The van der Waals surface area contributed by atoms with E-state index in [1.165, 1.54) is 43.5 Å². The molecule has 0 spiro atoms. The van der Waals surface area contributed by atoms with Gasteiger partial charge in [0.1, 0.15) is 12.4 Å². The number of alkyl halides is 3. The molecule has 11 heteroatoms. The van der Waals surface area contributed by atoms with Gasteiger partial charge in [-0.1, -0.05) is 12.5 Å². The molecule has 2 fully saturated rings. The molecule has 2 N–H and O–H groups in total. The molecule has 0 radical (unpaired) electrons. The minimum absolute atomic E-state index is 0.106. The van der Waals surface area contributed by atoms with Crippen molar-refractivity contribution in [3.8, 4) is 0 Å². The van der Waals surface area contributed by atoms with Gasteiger partial charge < -0.3 is 14.9 Å². The number of piperidine rings is 1. The number of benzene rings is 2. The molecule has 0 atom stereocenters. The molecule has 2 aliphatic rings. The molecular formula is C29H33F4N5O2. The van der Waals surface area contributed by atoms with Gasteiger partial charge in [-0.25, -0.2) is 4.39 Å². The number of hydrogen-bond acceptors (Lipinski definition) is 3. The third-order valence-corrected chi connectivity index (χ3v) is 7.85. The van der Waals surface area contributed by atoms with Crippen LogP contribution in [0.25, 0.3) is 11.0 Å². The number of nitrogens with one attached hydrogen (secondary N) is 2. The van der Waals surface area contributed by atoms with Gasteiger partial charge in [0.25, 0.3) is 5.91 Å². The van der Waals surface area contributed by atoms with Crippen molar-refractivity contribution in [2.45, 2.75) is 63.7 Å². The van der Waals surface area contributed by atoms with Gasteiger partial charge in [0.15, 0.2) is 0 Å². The predicted molar refractivity (Wildman–Crippen MR) is 142 cm³/mol. The molecule has 0 unspecified atom stereocenters. The van der Waals surface area contributed by atoms with Gasteiger partial charge in [-0.05, 0) is 93.6 Å². The smallest absolute Gasteiger partial charge is 0.347 e. The Morgan fingerprint density at radius 2 is 1.68 bits per heavy atom. The number of amides is 2. The first kappa shape index (κ1) is 28.1. The van der Waals surface area contributed by atoms with E-state index in [0.29, 0.717) is 31.3 Å². The number of hydrogen-bond donors (Lipinski definition) is 2. The fraction of sp³-hybridized carbons (Fsp3) is 0.483. The summed E-state index contributed by atoms with van der Waals surface area (Å²) < 4.78 is 53.1. The maximum absolute atomic E-state index is 13.4. The lowest BCUT2D eigenvalue weighted by Gasteiger charge is -2.29. The fourth-order valence-electron chi connectivity index (χ4n) is 5.78. The summed E-state index contributed by atoms with van der Waals surface area (Å²) in [6.07, 6.45) is 1.10. The lowest BCUT2D eigenvalue weighted by atomic mass is 9.85. The molecule has 2 amide bonds. The van der Waals surface area contributed by atoms with Gasteiger partial charge in [0.05, 0.1) is 11.0 Å². The SMILES string of the molecule is O=C(/N=c1/[nH]c2ccc(CN3CCCCC3)cc2n1C1CCC(C(=O)NCC(F)(F)F)CC1)c1ccc(F)cc1. The van der Waals surface area contributed by atoms with Gasteiger partial charge in [-0.2, -0.15) is 18.2 Å². The second kappa shape index (κ2) is 12.0. The number of imidazole rings is 1. The normalized spacial score (nSPS) is 21.1. The Kier molecular flexibility index (Phi) is 8.39. The highest BCUT2D eigenvalue weighted by molar-refractivity contribution is 5.95. The van der Waals surface area contributed by atoms with Crippen molar-refractivity contribution in [2.24, 2.45) is 10.9 Å². The molecule has 1 aliphatic heterocycles. The van der Waals surface area contributed by atoms with E-state index in [2.05, 4.69) is 27.0 Å². The minimum Gasteiger partial charge on any atom is -0.347 e. The Morgan fingerprint density at radius 1 is 0.975 bits per heavy atom. The van der Waals surface area contributed by atoms with E-state index < -0.39 is 36.3 Å². The largest absolute Gasteiger partial charge is 0.405 e. The number of halogens is 4. The van der Waals surface area contributed by atoms with Crippen molar-refractivity contribution in [3.63, 3.8) is 0 Å². The maximum Gasteiger partial charge on any atom is 0.405 e. The van der Waals surface area contributed by atoms with E-state index >= 15 is 0 Å². The van der Waals surface area contributed by atoms with Crippen LogP contribution in [0.15, 0.2) is 47.5 Å². The van der Waals surface area contributed by atoms with E-state index in [-0.39, 0.29) is 11.6 Å². The highest BCUT2D eigenvalue weighted by Gasteiger charge is 2.32. The number of nitrogens with zero attached hydrogens (tertiary/aromatic N) is 3. The standard InChI is InChI=1S/C29H33F4N5O2/c30-22-9-5-21(6-10-22)27(40)36-28-35-24-13-4-19(17-37-14-2-1-3-15-37)16-25(24)38(28)23-11-7-20(8-12-23)26(39)34-18-29(31,32)33/h4-6,9-10,13,16,20,23H,1-3,7-8,11-12,14-15,17-18H2,(H,34,39)(H,35,36,40). The number of carbonyl (C=O) groups excluding carboxylic acids is 2. The number of aromatic nitrogens is 2. The van der Waals surface area contributed by atoms with Crippen LogP contribution in [0, 0.1) is 11.7 Å². The first-order chi connectivity index (χ1) is 19.2. The van der Waals surface area contributed by atoms with Gasteiger partial charge in [-0.15, -0.1) is 0 Å². The average molecular weight is 560 g/mol. The summed E-state index contributed by atoms with van der Waals surface area (Å²) in [5, 5.41) is 2.01. The summed E-state index contributed by atoms with van der Waals surface area (Å²) in [7, 11) is 0. The summed E-state index contributed by atoms with van der Waals surface area (Å²) in [5.41, 5.74) is 3.42. The van der Waals surface area contributed by atoms with Gasteiger partial charge in [0, 0.05) is 24.1 Å². The second-order valence-corrected chi connectivity index (χ2v) is 10.8. The zero-order valence-electron chi connectivity index (χ0n) is 22.1. The Hall–Kier alpha value is -3.47. The molecule has 2 aromatic carbocycles. The molecular weight excluding hydrogens is 526 g/mol. The van der Waals surface area contributed by atoms with Crippen LogP contribution >= 0.6 is 0 Å². The van der Waals surface area contributed by atoms with Crippen LogP contribution in [-0.4, -0.2) is 52.1 Å². The summed E-state index contributed by atoms with van der Waals surface area (Å²) in [6, 6.07) is 11.2. The van der Waals surface area contributed by atoms with Crippen LogP contribution in [0.1, 0.15) is 66.9 Å². The Morgan fingerprint density at radius 3 is 2.35 bits per heavy atom. The Balaban J connectivity index is 1.44. The minimum atomic E-state index is -4.45. The number of likely N-dealkylation sites (tertiary alicyclic amines) is 1. The zero-order valence-corrected chi connectivity index (χ0v) is 22.1. The number of aromatic amines is 1. The van der Waals surface area contributed by atoms with Crippen LogP contribution in [0.5, 0.6) is 0 Å². The van der Waals surface area contributed by atoms with Crippen LogP contribution in [0.2, 0.25) is 0 Å². The van der Waals surface area contributed by atoms with E-state index in [0.717, 1.165) is 36.2 Å². The lowest BCUT2D eigenvalue weighted by Crippen LogP contribution is -2.39. The molecule has 3 aromatic rings. The maximum atomic E-state index is 13.4. The molecule has 1 saturated carbocycles. The topological polar surface area (TPSA) is 82.5 Å². The Bertz CT molecular complexity index is 1410. The van der Waals surface area contributed by atoms with E-state index in [9.17, 15) is 27.2 Å². The molecule has 0 bridgehead atoms.